The average molecular weight is 210 g/mol. The normalized spacial score (nSPS) is 9.86. The minimum Gasteiger partial charge on any atom is -0.368 e. The van der Waals surface area contributed by atoms with Gasteiger partial charge in [-0.25, -0.2) is 0 Å². The van der Waals surface area contributed by atoms with E-state index < -0.39 is 0 Å². The summed E-state index contributed by atoms with van der Waals surface area (Å²) in [5.74, 6) is 0.531. The summed E-state index contributed by atoms with van der Waals surface area (Å²) in [6.07, 6.45) is 0. The maximum atomic E-state index is 5.71. The van der Waals surface area contributed by atoms with Gasteiger partial charge in [0.25, 0.3) is 0 Å². The number of likely N-dealkylation sites (N-methyl/N-ethyl adjacent to an activating group) is 1. The van der Waals surface area contributed by atoms with Crippen molar-refractivity contribution in [3.05, 3.63) is 42.5 Å². The first-order valence-corrected chi connectivity index (χ1v) is 5.34. The average Bonchev–Trinajstić information content (AvgIpc) is 2.26. The summed E-state index contributed by atoms with van der Waals surface area (Å²) in [5, 5.41) is 0. The smallest absolute Gasteiger partial charge is 0.0448 e. The van der Waals surface area contributed by atoms with Gasteiger partial charge >= 0.3 is 0 Å². The molecule has 0 atom stereocenters. The summed E-state index contributed by atoms with van der Waals surface area (Å²) < 4.78 is 0. The molecule has 1 nitrogen and oxygen atoms in total. The molecule has 0 bridgehead atoms. The Kier molecular flexibility index (Phi) is 4.54. The molecule has 14 heavy (non-hydrogen) atoms. The molecule has 1 aromatic carbocycles. The minimum absolute atomic E-state index is 0.531. The summed E-state index contributed by atoms with van der Waals surface area (Å²) in [5.41, 5.74) is 2.28. The van der Waals surface area contributed by atoms with E-state index in [9.17, 15) is 0 Å². The van der Waals surface area contributed by atoms with Gasteiger partial charge in [0, 0.05) is 24.7 Å². The summed E-state index contributed by atoms with van der Waals surface area (Å²) in [6, 6.07) is 10.3. The van der Waals surface area contributed by atoms with Crippen molar-refractivity contribution in [2.24, 2.45) is 0 Å². The molecular weight excluding hydrogens is 194 g/mol. The van der Waals surface area contributed by atoms with Crippen LogP contribution < -0.4 is 4.90 Å². The molecule has 76 valence electrons. The van der Waals surface area contributed by atoms with Crippen LogP contribution in [0, 0.1) is 0 Å². The van der Waals surface area contributed by atoms with Crippen molar-refractivity contribution in [1.29, 1.82) is 0 Å². The fourth-order valence-corrected chi connectivity index (χ4v) is 1.42. The van der Waals surface area contributed by atoms with Crippen molar-refractivity contribution in [2.45, 2.75) is 6.92 Å². The van der Waals surface area contributed by atoms with Gasteiger partial charge in [0.2, 0.25) is 0 Å². The Labute approximate surface area is 91.0 Å². The van der Waals surface area contributed by atoms with Crippen molar-refractivity contribution in [3.63, 3.8) is 0 Å². The van der Waals surface area contributed by atoms with Gasteiger partial charge in [0.15, 0.2) is 0 Å². The topological polar surface area (TPSA) is 3.24 Å². The van der Waals surface area contributed by atoms with E-state index in [1.54, 1.807) is 0 Å². The van der Waals surface area contributed by atoms with E-state index in [4.69, 9.17) is 11.6 Å². The first kappa shape index (κ1) is 11.1. The summed E-state index contributed by atoms with van der Waals surface area (Å²) in [4.78, 5) is 2.25. The second-order valence-corrected chi connectivity index (χ2v) is 3.50. The molecular formula is C12H16ClN. The lowest BCUT2D eigenvalue weighted by atomic mass is 10.2. The van der Waals surface area contributed by atoms with Crippen molar-refractivity contribution in [2.75, 3.05) is 23.9 Å². The van der Waals surface area contributed by atoms with Crippen molar-refractivity contribution >= 4 is 17.3 Å². The molecule has 0 N–H and O–H groups in total. The third-order valence-electron chi connectivity index (χ3n) is 2.11. The highest BCUT2D eigenvalue weighted by molar-refractivity contribution is 6.19. The van der Waals surface area contributed by atoms with E-state index in [-0.39, 0.29) is 0 Å². The number of anilines is 1. The van der Waals surface area contributed by atoms with Crippen LogP contribution in [0.25, 0.3) is 0 Å². The highest BCUT2D eigenvalue weighted by Gasteiger charge is 2.03. The summed E-state index contributed by atoms with van der Waals surface area (Å²) in [7, 11) is 0. The van der Waals surface area contributed by atoms with Gasteiger partial charge in [-0.3, -0.25) is 0 Å². The molecule has 0 unspecified atom stereocenters. The maximum Gasteiger partial charge on any atom is 0.0448 e. The Bertz CT molecular complexity index is 282. The molecule has 0 saturated carbocycles. The molecule has 0 amide bonds. The van der Waals surface area contributed by atoms with Crippen LogP contribution in [0.2, 0.25) is 0 Å². The van der Waals surface area contributed by atoms with Gasteiger partial charge in [-0.2, -0.15) is 0 Å². The largest absolute Gasteiger partial charge is 0.368 e. The van der Waals surface area contributed by atoms with Crippen molar-refractivity contribution < 1.29 is 0 Å². The maximum absolute atomic E-state index is 5.71. The van der Waals surface area contributed by atoms with Gasteiger partial charge in [0.05, 0.1) is 0 Å². The molecule has 0 aliphatic rings. The van der Waals surface area contributed by atoms with E-state index in [1.165, 1.54) is 5.69 Å². The third-order valence-corrected chi connectivity index (χ3v) is 2.48. The number of alkyl halides is 1. The zero-order chi connectivity index (χ0) is 10.4. The fraction of sp³-hybridized carbons (Fsp3) is 0.333. The third kappa shape index (κ3) is 3.08. The van der Waals surface area contributed by atoms with E-state index in [2.05, 4.69) is 30.5 Å². The highest BCUT2D eigenvalue weighted by Crippen LogP contribution is 2.14. The predicted molar refractivity (Wildman–Crippen MR) is 64.2 cm³/mol. The second-order valence-electron chi connectivity index (χ2n) is 3.23. The Morgan fingerprint density at radius 3 is 2.50 bits per heavy atom. The lowest BCUT2D eigenvalue weighted by Crippen LogP contribution is -2.25. The molecule has 0 aliphatic carbocycles. The van der Waals surface area contributed by atoms with Gasteiger partial charge in [0.1, 0.15) is 0 Å². The first-order valence-electron chi connectivity index (χ1n) is 4.80. The van der Waals surface area contributed by atoms with Crippen LogP contribution in [0.3, 0.4) is 0 Å². The Morgan fingerprint density at radius 2 is 2.00 bits per heavy atom. The zero-order valence-electron chi connectivity index (χ0n) is 8.54. The van der Waals surface area contributed by atoms with Crippen LogP contribution in [0.15, 0.2) is 42.5 Å². The number of halogens is 1. The predicted octanol–water partition coefficient (Wildman–Crippen LogP) is 3.31. The Balaban J connectivity index is 2.68. The molecule has 0 aromatic heterocycles. The quantitative estimate of drug-likeness (QED) is 0.531. The molecule has 0 aliphatic heterocycles. The van der Waals surface area contributed by atoms with Crippen molar-refractivity contribution in [3.8, 4) is 0 Å². The molecule has 0 fully saturated rings. The van der Waals surface area contributed by atoms with Crippen LogP contribution in [-0.2, 0) is 0 Å². The number of nitrogens with zero attached hydrogens (tertiary/aromatic N) is 1. The van der Waals surface area contributed by atoms with E-state index >= 15 is 0 Å². The van der Waals surface area contributed by atoms with Crippen LogP contribution in [0.5, 0.6) is 0 Å². The van der Waals surface area contributed by atoms with E-state index in [0.29, 0.717) is 5.88 Å². The summed E-state index contributed by atoms with van der Waals surface area (Å²) >= 11 is 5.71. The molecule has 1 rings (SSSR count). The fourth-order valence-electron chi connectivity index (χ4n) is 1.34. The van der Waals surface area contributed by atoms with Crippen LogP contribution in [0.4, 0.5) is 5.69 Å². The van der Waals surface area contributed by atoms with Crippen LogP contribution in [0.1, 0.15) is 6.92 Å². The number of hydrogen-bond donors (Lipinski definition) is 0. The standard InChI is InChI=1S/C12H16ClN/c1-3-14(10-11(2)9-13)12-7-5-4-6-8-12/h4-8H,2-3,9-10H2,1H3. The monoisotopic (exact) mass is 209 g/mol. The van der Waals surface area contributed by atoms with Gasteiger partial charge in [-0.15, -0.1) is 11.6 Å². The molecule has 0 spiro atoms. The van der Waals surface area contributed by atoms with Gasteiger partial charge < -0.3 is 4.90 Å². The number of hydrogen-bond acceptors (Lipinski definition) is 1. The molecule has 0 saturated heterocycles. The van der Waals surface area contributed by atoms with Gasteiger partial charge in [-0.1, -0.05) is 24.8 Å². The molecule has 0 heterocycles. The Morgan fingerprint density at radius 1 is 1.36 bits per heavy atom. The summed E-state index contributed by atoms with van der Waals surface area (Å²) in [6.45, 7) is 7.86. The molecule has 0 radical (unpaired) electrons. The number of para-hydroxylation sites is 1. The lowest BCUT2D eigenvalue weighted by Gasteiger charge is -2.23. The van der Waals surface area contributed by atoms with E-state index in [0.717, 1.165) is 18.7 Å². The molecule has 1 aromatic rings. The van der Waals surface area contributed by atoms with Crippen LogP contribution >= 0.6 is 11.6 Å². The highest BCUT2D eigenvalue weighted by atomic mass is 35.5. The number of benzene rings is 1. The number of rotatable bonds is 5. The molecule has 2 heteroatoms. The van der Waals surface area contributed by atoms with E-state index in [1.807, 2.05) is 18.2 Å². The SMILES string of the molecule is C=C(CCl)CN(CC)c1ccccc1. The minimum atomic E-state index is 0.531. The Hall–Kier alpha value is -0.950. The second kappa shape index (κ2) is 5.71. The zero-order valence-corrected chi connectivity index (χ0v) is 9.30. The lowest BCUT2D eigenvalue weighted by molar-refractivity contribution is 0.881. The first-order chi connectivity index (χ1) is 6.77. The van der Waals surface area contributed by atoms with Crippen LogP contribution in [-0.4, -0.2) is 19.0 Å². The van der Waals surface area contributed by atoms with Crippen molar-refractivity contribution in [1.82, 2.24) is 0 Å². The van der Waals surface area contributed by atoms with Gasteiger partial charge in [-0.05, 0) is 24.6 Å².